The van der Waals surface area contributed by atoms with Gasteiger partial charge in [-0.2, -0.15) is 0 Å². The molecule has 0 fully saturated rings. The zero-order valence-corrected chi connectivity index (χ0v) is 11.2. The van der Waals surface area contributed by atoms with Gasteiger partial charge in [0, 0.05) is 12.4 Å². The Morgan fingerprint density at radius 3 is 2.82 bits per heavy atom. The number of H-pyrrole nitrogens is 2. The second kappa shape index (κ2) is 4.98. The first-order valence-corrected chi connectivity index (χ1v) is 6.03. The molecule has 22 heavy (non-hydrogen) atoms. The van der Waals surface area contributed by atoms with Crippen LogP contribution in [0.4, 0.5) is 20.7 Å². The molecular formula is C12H10F2N6O2. The molecule has 0 saturated heterocycles. The van der Waals surface area contributed by atoms with Gasteiger partial charge < -0.3 is 20.4 Å². The molecule has 3 aromatic rings. The maximum absolute atomic E-state index is 14.4. The van der Waals surface area contributed by atoms with Crippen LogP contribution < -0.4 is 15.8 Å². The van der Waals surface area contributed by atoms with Crippen molar-refractivity contribution >= 4 is 28.8 Å². The molecule has 0 spiro atoms. The van der Waals surface area contributed by atoms with Crippen molar-refractivity contribution < 1.29 is 18.3 Å². The normalized spacial score (nSPS) is 10.9. The smallest absolute Gasteiger partial charge is 0.263 e. The van der Waals surface area contributed by atoms with Crippen LogP contribution in [-0.2, 0) is 0 Å². The van der Waals surface area contributed by atoms with Crippen LogP contribution in [-0.4, -0.2) is 33.0 Å². The summed E-state index contributed by atoms with van der Waals surface area (Å²) in [5.74, 6) is -3.84. The fourth-order valence-electron chi connectivity index (χ4n) is 2.05. The number of aromatic nitrogens is 4. The van der Waals surface area contributed by atoms with E-state index in [-0.39, 0.29) is 22.9 Å². The predicted octanol–water partition coefficient (Wildman–Crippen LogP) is 1.41. The topological polar surface area (TPSA) is 122 Å². The van der Waals surface area contributed by atoms with Gasteiger partial charge >= 0.3 is 0 Å². The lowest BCUT2D eigenvalue weighted by molar-refractivity contribution is 0.102. The van der Waals surface area contributed by atoms with Crippen LogP contribution in [0.3, 0.4) is 0 Å². The molecule has 5 N–H and O–H groups in total. The van der Waals surface area contributed by atoms with Crippen LogP contribution >= 0.6 is 0 Å². The first kappa shape index (κ1) is 13.8. The molecule has 0 aliphatic heterocycles. The van der Waals surface area contributed by atoms with Gasteiger partial charge in [-0.25, -0.2) is 18.7 Å². The monoisotopic (exact) mass is 308 g/mol. The molecule has 10 heteroatoms. The highest BCUT2D eigenvalue weighted by molar-refractivity contribution is 6.12. The van der Waals surface area contributed by atoms with Crippen molar-refractivity contribution in [2.45, 2.75) is 0 Å². The first-order chi connectivity index (χ1) is 10.5. The summed E-state index contributed by atoms with van der Waals surface area (Å²) in [6, 6.07) is 0. The highest BCUT2D eigenvalue weighted by Gasteiger charge is 2.27. The predicted molar refractivity (Wildman–Crippen MR) is 73.5 cm³/mol. The number of amides is 1. The van der Waals surface area contributed by atoms with E-state index in [1.807, 2.05) is 0 Å². The summed E-state index contributed by atoms with van der Waals surface area (Å²) in [4.78, 5) is 24.8. The van der Waals surface area contributed by atoms with E-state index in [1.54, 1.807) is 0 Å². The number of rotatable bonds is 3. The molecule has 1 aromatic carbocycles. The molecule has 2 heterocycles. The van der Waals surface area contributed by atoms with Gasteiger partial charge in [0.15, 0.2) is 23.3 Å². The van der Waals surface area contributed by atoms with Crippen molar-refractivity contribution in [2.24, 2.45) is 0 Å². The number of anilines is 2. The Kier molecular flexibility index (Phi) is 3.13. The summed E-state index contributed by atoms with van der Waals surface area (Å²) in [6.45, 7) is 0. The number of methoxy groups -OCH3 is 1. The number of nitrogens with zero attached hydrogens (tertiary/aromatic N) is 2. The Morgan fingerprint density at radius 2 is 2.18 bits per heavy atom. The summed E-state index contributed by atoms with van der Waals surface area (Å²) >= 11 is 0. The van der Waals surface area contributed by atoms with E-state index in [0.29, 0.717) is 0 Å². The third-order valence-corrected chi connectivity index (χ3v) is 2.96. The van der Waals surface area contributed by atoms with Crippen LogP contribution in [0.15, 0.2) is 12.4 Å². The molecule has 8 nitrogen and oxygen atoms in total. The molecule has 0 aliphatic rings. The molecule has 0 aliphatic carbocycles. The quantitative estimate of drug-likeness (QED) is 0.583. The van der Waals surface area contributed by atoms with E-state index < -0.39 is 28.9 Å². The number of carbonyl (C=O) groups is 1. The molecule has 3 rings (SSSR count). The largest absolute Gasteiger partial charge is 0.491 e. The third kappa shape index (κ3) is 2.01. The van der Waals surface area contributed by atoms with Crippen LogP contribution in [0.5, 0.6) is 5.75 Å². The number of hydrogen-bond donors (Lipinski definition) is 4. The van der Waals surface area contributed by atoms with Crippen molar-refractivity contribution in [3.8, 4) is 5.75 Å². The lowest BCUT2D eigenvalue weighted by atomic mass is 10.1. The van der Waals surface area contributed by atoms with Crippen molar-refractivity contribution in [1.29, 1.82) is 0 Å². The summed E-state index contributed by atoms with van der Waals surface area (Å²) in [7, 11) is 1.08. The number of fused-ring (bicyclic) bond motifs is 1. The number of imidazole rings is 2. The third-order valence-electron chi connectivity index (χ3n) is 2.96. The molecular weight excluding hydrogens is 298 g/mol. The molecule has 0 radical (unpaired) electrons. The number of hydrogen-bond acceptors (Lipinski definition) is 5. The van der Waals surface area contributed by atoms with Crippen molar-refractivity contribution in [3.05, 3.63) is 29.6 Å². The minimum Gasteiger partial charge on any atom is -0.491 e. The van der Waals surface area contributed by atoms with Crippen LogP contribution in [0.25, 0.3) is 11.0 Å². The van der Waals surface area contributed by atoms with Crippen LogP contribution in [0.1, 0.15) is 10.4 Å². The van der Waals surface area contributed by atoms with Crippen molar-refractivity contribution in [2.75, 3.05) is 18.2 Å². The number of halogens is 2. The van der Waals surface area contributed by atoms with Gasteiger partial charge in [0.05, 0.1) is 12.6 Å². The van der Waals surface area contributed by atoms with E-state index in [4.69, 9.17) is 5.73 Å². The number of benzene rings is 1. The molecule has 0 bridgehead atoms. The van der Waals surface area contributed by atoms with Crippen molar-refractivity contribution in [3.63, 3.8) is 0 Å². The minimum atomic E-state index is -1.17. The Balaban J connectivity index is 2.21. The summed E-state index contributed by atoms with van der Waals surface area (Å²) in [5, 5.41) is 2.34. The highest BCUT2D eigenvalue weighted by Crippen LogP contribution is 2.33. The summed E-state index contributed by atoms with van der Waals surface area (Å²) in [6.07, 6.45) is 2.88. The van der Waals surface area contributed by atoms with Gasteiger partial charge in [0.1, 0.15) is 11.1 Å². The maximum atomic E-state index is 14.4. The van der Waals surface area contributed by atoms with Crippen molar-refractivity contribution in [1.82, 2.24) is 19.9 Å². The van der Waals surface area contributed by atoms with E-state index in [0.717, 1.165) is 7.11 Å². The highest BCUT2D eigenvalue weighted by atomic mass is 19.1. The summed E-state index contributed by atoms with van der Waals surface area (Å²) < 4.78 is 33.2. The van der Waals surface area contributed by atoms with Crippen LogP contribution in [0, 0.1) is 11.6 Å². The molecule has 0 atom stereocenters. The van der Waals surface area contributed by atoms with E-state index >= 15 is 0 Å². The number of carbonyl (C=O) groups excluding carboxylic acids is 1. The molecule has 114 valence electrons. The maximum Gasteiger partial charge on any atom is 0.263 e. The van der Waals surface area contributed by atoms with Gasteiger partial charge in [0.2, 0.25) is 5.95 Å². The standard InChI is InChI=1S/C12H10F2N6O2/c1-22-9-5(13)4(10(21)20-12-16-2-3-17-12)7-8(6(9)14)19-11(15)18-7/h2-3H,1H3,(H3,15,18,19)(H2,16,17,20,21). The van der Waals surface area contributed by atoms with Gasteiger partial charge in [0.25, 0.3) is 5.91 Å². The zero-order chi connectivity index (χ0) is 15.9. The van der Waals surface area contributed by atoms with E-state index in [9.17, 15) is 13.6 Å². The van der Waals surface area contributed by atoms with E-state index in [2.05, 4.69) is 30.0 Å². The number of nitrogen functional groups attached to an aromatic ring is 1. The number of nitrogens with one attached hydrogen (secondary N) is 3. The molecule has 0 saturated carbocycles. The average molecular weight is 308 g/mol. The minimum absolute atomic E-state index is 0.105. The first-order valence-electron chi connectivity index (χ1n) is 6.03. The second-order valence-electron chi connectivity index (χ2n) is 4.27. The fraction of sp³-hybridized carbons (Fsp3) is 0.0833. The Morgan fingerprint density at radius 1 is 1.41 bits per heavy atom. The van der Waals surface area contributed by atoms with Crippen LogP contribution in [0.2, 0.25) is 0 Å². The SMILES string of the molecule is COc1c(F)c(C(=O)Nc2ncc[nH]2)c2[nH]c(N)nc2c1F. The Labute approximate surface area is 121 Å². The van der Waals surface area contributed by atoms with Gasteiger partial charge in [-0.1, -0.05) is 0 Å². The number of ether oxygens (including phenoxy) is 1. The lowest BCUT2D eigenvalue weighted by Crippen LogP contribution is -2.16. The lowest BCUT2D eigenvalue weighted by Gasteiger charge is -2.09. The Bertz CT molecular complexity index is 858. The molecule has 1 amide bonds. The van der Waals surface area contributed by atoms with Gasteiger partial charge in [-0.3, -0.25) is 10.1 Å². The number of nitrogens with two attached hydrogens (primary N) is 1. The van der Waals surface area contributed by atoms with Gasteiger partial charge in [-0.05, 0) is 0 Å². The average Bonchev–Trinajstić information content (AvgIpc) is 3.09. The second-order valence-corrected chi connectivity index (χ2v) is 4.27. The summed E-state index contributed by atoms with van der Waals surface area (Å²) in [5.41, 5.74) is 4.52. The molecule has 2 aromatic heterocycles. The fourth-order valence-corrected chi connectivity index (χ4v) is 2.05. The number of aromatic amines is 2. The Hall–Kier alpha value is -3.17. The zero-order valence-electron chi connectivity index (χ0n) is 11.2. The van der Waals surface area contributed by atoms with Gasteiger partial charge in [-0.15, -0.1) is 0 Å². The van der Waals surface area contributed by atoms with E-state index in [1.165, 1.54) is 12.4 Å². The molecule has 0 unspecified atom stereocenters.